The van der Waals surface area contributed by atoms with Crippen molar-refractivity contribution in [3.8, 4) is 0 Å². The zero-order valence-corrected chi connectivity index (χ0v) is 10.9. The minimum absolute atomic E-state index is 0.149. The van der Waals surface area contributed by atoms with Gasteiger partial charge in [-0.25, -0.2) is 4.39 Å². The van der Waals surface area contributed by atoms with Gasteiger partial charge in [0.25, 0.3) is 0 Å². The van der Waals surface area contributed by atoms with Crippen molar-refractivity contribution in [2.24, 2.45) is 5.41 Å². The van der Waals surface area contributed by atoms with Gasteiger partial charge in [-0.05, 0) is 49.1 Å². The van der Waals surface area contributed by atoms with Gasteiger partial charge in [-0.3, -0.25) is 0 Å². The molecule has 0 amide bonds. The van der Waals surface area contributed by atoms with Crippen molar-refractivity contribution in [3.05, 3.63) is 35.1 Å². The fraction of sp³-hybridized carbons (Fsp3) is 0.571. The first-order valence-corrected chi connectivity index (χ1v) is 5.77. The lowest BCUT2D eigenvalue weighted by atomic mass is 9.82. The van der Waals surface area contributed by atoms with Gasteiger partial charge in [0.2, 0.25) is 0 Å². The van der Waals surface area contributed by atoms with E-state index < -0.39 is 0 Å². The summed E-state index contributed by atoms with van der Waals surface area (Å²) < 4.78 is 13.2. The highest BCUT2D eigenvalue weighted by Crippen LogP contribution is 2.23. The molecular formula is C14H22FN. The summed E-state index contributed by atoms with van der Waals surface area (Å²) in [5.41, 5.74) is 2.42. The standard InChI is InChI=1S/C14H22FN/c1-10-6-7-12(15)8-11(10)9-13(16-5)14(2,3)4/h6-8,13,16H,9H2,1-5H3. The third-order valence-electron chi connectivity index (χ3n) is 3.13. The number of aryl methyl sites for hydroxylation is 1. The van der Waals surface area contributed by atoms with E-state index in [0.29, 0.717) is 6.04 Å². The second-order valence-corrected chi connectivity index (χ2v) is 5.48. The SMILES string of the molecule is CNC(Cc1cc(F)ccc1C)C(C)(C)C. The van der Waals surface area contributed by atoms with Gasteiger partial charge in [-0.2, -0.15) is 0 Å². The van der Waals surface area contributed by atoms with Crippen LogP contribution >= 0.6 is 0 Å². The summed E-state index contributed by atoms with van der Waals surface area (Å²) in [4.78, 5) is 0. The Kier molecular flexibility index (Phi) is 4.09. The minimum Gasteiger partial charge on any atom is -0.316 e. The first-order chi connectivity index (χ1) is 7.34. The highest BCUT2D eigenvalue weighted by molar-refractivity contribution is 5.27. The highest BCUT2D eigenvalue weighted by Gasteiger charge is 2.23. The third-order valence-corrected chi connectivity index (χ3v) is 3.13. The van der Waals surface area contributed by atoms with Gasteiger partial charge in [0.1, 0.15) is 5.82 Å². The first-order valence-electron chi connectivity index (χ1n) is 5.77. The van der Waals surface area contributed by atoms with Crippen molar-refractivity contribution in [3.63, 3.8) is 0 Å². The second kappa shape index (κ2) is 4.96. The lowest BCUT2D eigenvalue weighted by molar-refractivity contribution is 0.279. The number of hydrogen-bond acceptors (Lipinski definition) is 1. The molecule has 0 aliphatic carbocycles. The summed E-state index contributed by atoms with van der Waals surface area (Å²) in [6.07, 6.45) is 0.865. The number of halogens is 1. The van der Waals surface area contributed by atoms with E-state index in [1.54, 1.807) is 6.07 Å². The molecule has 2 heteroatoms. The van der Waals surface area contributed by atoms with Crippen molar-refractivity contribution in [1.29, 1.82) is 0 Å². The summed E-state index contributed by atoms with van der Waals surface area (Å²) in [7, 11) is 1.96. The van der Waals surface area contributed by atoms with E-state index in [1.165, 1.54) is 6.07 Å². The largest absolute Gasteiger partial charge is 0.316 e. The quantitative estimate of drug-likeness (QED) is 0.829. The molecule has 1 aromatic rings. The number of nitrogens with one attached hydrogen (secondary N) is 1. The van der Waals surface area contributed by atoms with Gasteiger partial charge in [0.15, 0.2) is 0 Å². The van der Waals surface area contributed by atoms with Gasteiger partial charge in [0, 0.05) is 6.04 Å². The molecule has 90 valence electrons. The van der Waals surface area contributed by atoms with Crippen LogP contribution in [0.1, 0.15) is 31.9 Å². The molecule has 0 fully saturated rings. The zero-order valence-electron chi connectivity index (χ0n) is 10.9. The second-order valence-electron chi connectivity index (χ2n) is 5.48. The maximum atomic E-state index is 13.2. The van der Waals surface area contributed by atoms with Gasteiger partial charge in [-0.1, -0.05) is 26.8 Å². The zero-order chi connectivity index (χ0) is 12.3. The van der Waals surface area contributed by atoms with E-state index in [1.807, 2.05) is 20.0 Å². The molecule has 0 aliphatic heterocycles. The molecule has 1 rings (SSSR count). The van der Waals surface area contributed by atoms with Crippen molar-refractivity contribution >= 4 is 0 Å². The van der Waals surface area contributed by atoms with Crippen LogP contribution in [0.25, 0.3) is 0 Å². The number of benzene rings is 1. The third kappa shape index (κ3) is 3.31. The molecule has 0 saturated heterocycles. The van der Waals surface area contributed by atoms with Crippen molar-refractivity contribution in [2.45, 2.75) is 40.2 Å². The average Bonchev–Trinajstić information content (AvgIpc) is 2.17. The maximum absolute atomic E-state index is 13.2. The monoisotopic (exact) mass is 223 g/mol. The molecule has 0 radical (unpaired) electrons. The fourth-order valence-corrected chi connectivity index (χ4v) is 1.92. The van der Waals surface area contributed by atoms with E-state index in [9.17, 15) is 4.39 Å². The van der Waals surface area contributed by atoms with E-state index in [0.717, 1.165) is 17.5 Å². The number of likely N-dealkylation sites (N-methyl/N-ethyl adjacent to an activating group) is 1. The number of hydrogen-bond donors (Lipinski definition) is 1. The highest BCUT2D eigenvalue weighted by atomic mass is 19.1. The van der Waals surface area contributed by atoms with Crippen LogP contribution in [0.5, 0.6) is 0 Å². The molecule has 0 heterocycles. The van der Waals surface area contributed by atoms with Crippen LogP contribution in [0.2, 0.25) is 0 Å². The molecule has 1 unspecified atom stereocenters. The average molecular weight is 223 g/mol. The predicted molar refractivity (Wildman–Crippen MR) is 67.1 cm³/mol. The van der Waals surface area contributed by atoms with Crippen LogP contribution in [0.15, 0.2) is 18.2 Å². The van der Waals surface area contributed by atoms with Crippen molar-refractivity contribution in [2.75, 3.05) is 7.05 Å². The van der Waals surface area contributed by atoms with E-state index in [2.05, 4.69) is 26.1 Å². The van der Waals surface area contributed by atoms with Crippen LogP contribution in [-0.2, 0) is 6.42 Å². The molecule has 0 aromatic heterocycles. The molecule has 0 spiro atoms. The molecule has 16 heavy (non-hydrogen) atoms. The van der Waals surface area contributed by atoms with Gasteiger partial charge < -0.3 is 5.32 Å². The summed E-state index contributed by atoms with van der Waals surface area (Å²) in [6, 6.07) is 5.36. The smallest absolute Gasteiger partial charge is 0.123 e. The summed E-state index contributed by atoms with van der Waals surface area (Å²) in [5, 5.41) is 3.31. The molecule has 1 N–H and O–H groups in total. The van der Waals surface area contributed by atoms with Crippen LogP contribution < -0.4 is 5.32 Å². The van der Waals surface area contributed by atoms with Crippen LogP contribution in [0, 0.1) is 18.2 Å². The van der Waals surface area contributed by atoms with Crippen LogP contribution in [-0.4, -0.2) is 13.1 Å². The van der Waals surface area contributed by atoms with E-state index in [-0.39, 0.29) is 11.2 Å². The lowest BCUT2D eigenvalue weighted by Crippen LogP contribution is -2.39. The molecule has 0 aliphatic rings. The fourth-order valence-electron chi connectivity index (χ4n) is 1.92. The Bertz CT molecular complexity index is 352. The molecule has 1 atom stereocenters. The lowest BCUT2D eigenvalue weighted by Gasteiger charge is -2.31. The Hall–Kier alpha value is -0.890. The number of rotatable bonds is 3. The van der Waals surface area contributed by atoms with E-state index >= 15 is 0 Å². The summed E-state index contributed by atoms with van der Waals surface area (Å²) in [5.74, 6) is -0.149. The van der Waals surface area contributed by atoms with Gasteiger partial charge in [0.05, 0.1) is 0 Å². The summed E-state index contributed by atoms with van der Waals surface area (Å²) >= 11 is 0. The normalized spacial score (nSPS) is 13.9. The molecule has 0 bridgehead atoms. The van der Waals surface area contributed by atoms with Crippen LogP contribution in [0.3, 0.4) is 0 Å². The molecule has 1 aromatic carbocycles. The Morgan fingerprint density at radius 3 is 2.44 bits per heavy atom. The topological polar surface area (TPSA) is 12.0 Å². The van der Waals surface area contributed by atoms with Crippen molar-refractivity contribution in [1.82, 2.24) is 5.32 Å². The van der Waals surface area contributed by atoms with Crippen LogP contribution in [0.4, 0.5) is 4.39 Å². The predicted octanol–water partition coefficient (Wildman–Crippen LogP) is 3.31. The van der Waals surface area contributed by atoms with Gasteiger partial charge in [-0.15, -0.1) is 0 Å². The summed E-state index contributed by atoms with van der Waals surface area (Å²) in [6.45, 7) is 8.62. The Morgan fingerprint density at radius 2 is 1.94 bits per heavy atom. The van der Waals surface area contributed by atoms with Gasteiger partial charge >= 0.3 is 0 Å². The first kappa shape index (κ1) is 13.2. The van der Waals surface area contributed by atoms with E-state index in [4.69, 9.17) is 0 Å². The Labute approximate surface area is 98.1 Å². The Morgan fingerprint density at radius 1 is 1.31 bits per heavy atom. The molecular weight excluding hydrogens is 201 g/mol. The molecule has 0 saturated carbocycles. The Balaban J connectivity index is 2.90. The van der Waals surface area contributed by atoms with Crippen molar-refractivity contribution < 1.29 is 4.39 Å². The minimum atomic E-state index is -0.149. The molecule has 1 nitrogen and oxygen atoms in total. The maximum Gasteiger partial charge on any atom is 0.123 e.